The van der Waals surface area contributed by atoms with Gasteiger partial charge in [-0.25, -0.2) is 0 Å². The fourth-order valence-corrected chi connectivity index (χ4v) is 3.21. The van der Waals surface area contributed by atoms with Gasteiger partial charge in [0.05, 0.1) is 17.3 Å². The van der Waals surface area contributed by atoms with Crippen molar-refractivity contribution in [3.63, 3.8) is 0 Å². The monoisotopic (exact) mass is 368 g/mol. The van der Waals surface area contributed by atoms with Crippen molar-refractivity contribution in [2.45, 2.75) is 51.4 Å². The molecule has 1 aliphatic rings. The molecule has 0 aliphatic carbocycles. The topological polar surface area (TPSA) is 36.9 Å². The van der Waals surface area contributed by atoms with Crippen LogP contribution < -0.4 is 5.46 Å². The molecule has 0 bridgehead atoms. The Balaban J connectivity index is 1.87. The van der Waals surface area contributed by atoms with E-state index in [4.69, 9.17) is 18.8 Å². The summed E-state index contributed by atoms with van der Waals surface area (Å²) in [6, 6.07) is 18.5. The van der Waals surface area contributed by atoms with E-state index < -0.39 is 0 Å². The molecule has 1 heterocycles. The van der Waals surface area contributed by atoms with Crippen molar-refractivity contribution in [2.24, 2.45) is 0 Å². The van der Waals surface area contributed by atoms with Crippen LogP contribution in [0.25, 0.3) is 0 Å². The van der Waals surface area contributed by atoms with Crippen molar-refractivity contribution in [2.75, 3.05) is 13.9 Å². The highest BCUT2D eigenvalue weighted by molar-refractivity contribution is 6.62. The number of ether oxygens (including phenoxy) is 2. The van der Waals surface area contributed by atoms with Gasteiger partial charge in [-0.05, 0) is 44.3 Å². The van der Waals surface area contributed by atoms with Crippen LogP contribution in [0.4, 0.5) is 0 Å². The molecule has 0 amide bonds. The van der Waals surface area contributed by atoms with Gasteiger partial charge in [-0.15, -0.1) is 0 Å². The Hall–Kier alpha value is -1.66. The van der Waals surface area contributed by atoms with Gasteiger partial charge >= 0.3 is 7.12 Å². The van der Waals surface area contributed by atoms with E-state index in [1.165, 1.54) is 0 Å². The molecule has 1 fully saturated rings. The van der Waals surface area contributed by atoms with Crippen molar-refractivity contribution in [3.8, 4) is 0 Å². The zero-order chi connectivity index (χ0) is 19.5. The van der Waals surface area contributed by atoms with Gasteiger partial charge in [-0.2, -0.15) is 0 Å². The Morgan fingerprint density at radius 2 is 1.48 bits per heavy atom. The lowest BCUT2D eigenvalue weighted by Gasteiger charge is -2.32. The van der Waals surface area contributed by atoms with E-state index in [-0.39, 0.29) is 31.2 Å². The number of hydrogen-bond donors (Lipinski definition) is 0. The molecular weight excluding hydrogens is 339 g/mol. The first-order valence-corrected chi connectivity index (χ1v) is 9.43. The Morgan fingerprint density at radius 1 is 0.889 bits per heavy atom. The molecule has 0 aromatic heterocycles. The highest BCUT2D eigenvalue weighted by Gasteiger charge is 2.52. The quantitative estimate of drug-likeness (QED) is 0.549. The predicted octanol–water partition coefficient (Wildman–Crippen LogP) is 3.89. The zero-order valence-corrected chi connectivity index (χ0v) is 16.9. The van der Waals surface area contributed by atoms with E-state index in [0.29, 0.717) is 6.42 Å². The molecular formula is C22H29BO4. The summed E-state index contributed by atoms with van der Waals surface area (Å²) in [5.41, 5.74) is 2.60. The normalized spacial score (nSPS) is 19.2. The van der Waals surface area contributed by atoms with Crippen molar-refractivity contribution in [1.29, 1.82) is 0 Å². The number of hydrogen-bond acceptors (Lipinski definition) is 4. The van der Waals surface area contributed by atoms with Crippen LogP contribution in [-0.4, -0.2) is 32.2 Å². The van der Waals surface area contributed by atoms with E-state index in [2.05, 4.69) is 52.0 Å². The van der Waals surface area contributed by atoms with E-state index in [0.717, 1.165) is 16.6 Å². The second-order valence-electron chi connectivity index (χ2n) is 7.96. The lowest BCUT2D eigenvalue weighted by Crippen LogP contribution is -2.41. The second kappa shape index (κ2) is 8.15. The summed E-state index contributed by atoms with van der Waals surface area (Å²) in [4.78, 5) is 0. The van der Waals surface area contributed by atoms with Gasteiger partial charge in [-0.3, -0.25) is 0 Å². The molecule has 1 unspecified atom stereocenters. The van der Waals surface area contributed by atoms with Gasteiger partial charge in [0.25, 0.3) is 0 Å². The second-order valence-corrected chi connectivity index (χ2v) is 7.96. The predicted molar refractivity (Wildman–Crippen MR) is 108 cm³/mol. The fraction of sp³-hybridized carbons (Fsp3) is 0.455. The standard InChI is InChI=1S/C22H29BO4/c1-21(2)22(3,4)27-23(26-21)19-14-10-9-13-18(19)15-20(25-16-24-5)17-11-7-6-8-12-17/h6-14,20H,15-16H2,1-5H3. The van der Waals surface area contributed by atoms with Gasteiger partial charge in [0.15, 0.2) is 0 Å². The first kappa shape index (κ1) is 20.1. The Bertz CT molecular complexity index is 729. The smallest absolute Gasteiger partial charge is 0.399 e. The zero-order valence-electron chi connectivity index (χ0n) is 16.9. The van der Waals surface area contributed by atoms with Gasteiger partial charge in [0.1, 0.15) is 6.79 Å². The molecule has 0 spiro atoms. The Labute approximate surface area is 162 Å². The molecule has 0 N–H and O–H groups in total. The molecule has 5 heteroatoms. The molecule has 0 saturated carbocycles. The van der Waals surface area contributed by atoms with Crippen molar-refractivity contribution < 1.29 is 18.8 Å². The van der Waals surface area contributed by atoms with E-state index >= 15 is 0 Å². The van der Waals surface area contributed by atoms with Gasteiger partial charge in [0, 0.05) is 13.5 Å². The first-order valence-electron chi connectivity index (χ1n) is 9.43. The summed E-state index contributed by atoms with van der Waals surface area (Å²) in [5, 5.41) is 0. The van der Waals surface area contributed by atoms with Crippen LogP contribution in [0.3, 0.4) is 0 Å². The molecule has 2 aromatic carbocycles. The summed E-state index contributed by atoms with van der Waals surface area (Å²) in [5.74, 6) is 0. The van der Waals surface area contributed by atoms with Gasteiger partial charge in [0.2, 0.25) is 0 Å². The van der Waals surface area contributed by atoms with Crippen LogP contribution in [-0.2, 0) is 25.2 Å². The van der Waals surface area contributed by atoms with Crippen LogP contribution in [0.1, 0.15) is 44.9 Å². The molecule has 144 valence electrons. The lowest BCUT2D eigenvalue weighted by molar-refractivity contribution is -0.0729. The molecule has 1 atom stereocenters. The number of benzene rings is 2. The maximum absolute atomic E-state index is 6.27. The highest BCUT2D eigenvalue weighted by atomic mass is 16.7. The van der Waals surface area contributed by atoms with Gasteiger partial charge < -0.3 is 18.8 Å². The Kier molecular flexibility index (Phi) is 6.06. The molecule has 27 heavy (non-hydrogen) atoms. The molecule has 4 nitrogen and oxygen atoms in total. The maximum atomic E-state index is 6.27. The minimum atomic E-state index is -0.384. The largest absolute Gasteiger partial charge is 0.495 e. The van der Waals surface area contributed by atoms with E-state index in [1.54, 1.807) is 7.11 Å². The first-order chi connectivity index (χ1) is 12.8. The lowest BCUT2D eigenvalue weighted by atomic mass is 9.74. The van der Waals surface area contributed by atoms with Crippen LogP contribution in [0.2, 0.25) is 0 Å². The minimum Gasteiger partial charge on any atom is -0.399 e. The molecule has 3 rings (SSSR count). The summed E-state index contributed by atoms with van der Waals surface area (Å²) in [7, 11) is 1.26. The van der Waals surface area contributed by atoms with Crippen molar-refractivity contribution in [3.05, 3.63) is 65.7 Å². The third-order valence-corrected chi connectivity index (χ3v) is 5.53. The Morgan fingerprint density at radius 3 is 2.11 bits per heavy atom. The van der Waals surface area contributed by atoms with Crippen LogP contribution >= 0.6 is 0 Å². The molecule has 1 saturated heterocycles. The molecule has 0 radical (unpaired) electrons. The SMILES string of the molecule is COCOC(Cc1ccccc1B1OC(C)(C)C(C)(C)O1)c1ccccc1. The average Bonchev–Trinajstić information content (AvgIpc) is 2.87. The fourth-order valence-electron chi connectivity index (χ4n) is 3.21. The van der Waals surface area contributed by atoms with Crippen LogP contribution in [0, 0.1) is 0 Å². The highest BCUT2D eigenvalue weighted by Crippen LogP contribution is 2.37. The van der Waals surface area contributed by atoms with Crippen molar-refractivity contribution >= 4 is 12.6 Å². The summed E-state index contributed by atoms with van der Waals surface area (Å²) >= 11 is 0. The molecule has 2 aromatic rings. The van der Waals surface area contributed by atoms with Crippen LogP contribution in [0.5, 0.6) is 0 Å². The number of rotatable bonds is 7. The minimum absolute atomic E-state index is 0.102. The average molecular weight is 368 g/mol. The van der Waals surface area contributed by atoms with E-state index in [9.17, 15) is 0 Å². The summed E-state index contributed by atoms with van der Waals surface area (Å²) in [6.07, 6.45) is 0.614. The van der Waals surface area contributed by atoms with Crippen molar-refractivity contribution in [1.82, 2.24) is 0 Å². The number of methoxy groups -OCH3 is 1. The van der Waals surface area contributed by atoms with Crippen LogP contribution in [0.15, 0.2) is 54.6 Å². The summed E-state index contributed by atoms with van der Waals surface area (Å²) in [6.45, 7) is 8.54. The van der Waals surface area contributed by atoms with E-state index in [1.807, 2.05) is 30.3 Å². The molecule has 1 aliphatic heterocycles. The maximum Gasteiger partial charge on any atom is 0.495 e. The van der Waals surface area contributed by atoms with Gasteiger partial charge in [-0.1, -0.05) is 54.6 Å². The third-order valence-electron chi connectivity index (χ3n) is 5.53. The third kappa shape index (κ3) is 4.44. The summed E-state index contributed by atoms with van der Waals surface area (Å²) < 4.78 is 23.7.